The fourth-order valence-corrected chi connectivity index (χ4v) is 3.26. The number of aromatic nitrogens is 2. The maximum Gasteiger partial charge on any atom is 0.229 e. The number of hydrogen-bond donors (Lipinski definition) is 3. The van der Waals surface area contributed by atoms with E-state index in [2.05, 4.69) is 25.9 Å². The van der Waals surface area contributed by atoms with Crippen molar-refractivity contribution < 1.29 is 18.8 Å². The molecule has 0 spiro atoms. The van der Waals surface area contributed by atoms with Crippen LogP contribution in [0.1, 0.15) is 18.4 Å². The van der Waals surface area contributed by atoms with E-state index in [1.807, 2.05) is 50.8 Å². The van der Waals surface area contributed by atoms with Gasteiger partial charge in [0.2, 0.25) is 11.9 Å². The number of primary amides is 1. The molecule has 32 heavy (non-hydrogen) atoms. The molecule has 0 atom stereocenters. The van der Waals surface area contributed by atoms with Crippen molar-refractivity contribution in [3.05, 3.63) is 42.2 Å². The normalized spacial score (nSPS) is 12.9. The second-order valence-electron chi connectivity index (χ2n) is 6.66. The van der Waals surface area contributed by atoms with Crippen molar-refractivity contribution in [2.75, 3.05) is 30.4 Å². The summed E-state index contributed by atoms with van der Waals surface area (Å²) in [5, 5.41) is 3.25. The lowest BCUT2D eigenvalue weighted by atomic mass is 9.96. The minimum absolute atomic E-state index is 0.0645. The third-order valence-electron chi connectivity index (χ3n) is 4.79. The van der Waals surface area contributed by atoms with Gasteiger partial charge in [-0.2, -0.15) is 4.98 Å². The van der Waals surface area contributed by atoms with E-state index in [0.717, 1.165) is 29.9 Å². The van der Waals surface area contributed by atoms with Crippen molar-refractivity contribution in [1.82, 2.24) is 9.97 Å². The quantitative estimate of drug-likeness (QED) is 0.550. The third-order valence-corrected chi connectivity index (χ3v) is 4.79. The smallest absolute Gasteiger partial charge is 0.229 e. The number of fused-ring (bicyclic) bond motifs is 1. The Labute approximate surface area is 187 Å². The predicted octanol–water partition coefficient (Wildman–Crippen LogP) is 2.18. The van der Waals surface area contributed by atoms with Crippen LogP contribution in [0.5, 0.6) is 0 Å². The van der Waals surface area contributed by atoms with Gasteiger partial charge in [-0.1, -0.05) is 17.7 Å². The molecule has 0 bridgehead atoms. The van der Waals surface area contributed by atoms with Crippen molar-refractivity contribution in [1.29, 1.82) is 0 Å². The molecule has 1 aromatic carbocycles. The van der Waals surface area contributed by atoms with Crippen LogP contribution in [0.3, 0.4) is 0 Å². The van der Waals surface area contributed by atoms with E-state index in [1.54, 1.807) is 6.26 Å². The number of anilines is 3. The lowest BCUT2D eigenvalue weighted by molar-refractivity contribution is -0.122. The van der Waals surface area contributed by atoms with Crippen molar-refractivity contribution in [2.45, 2.75) is 19.8 Å². The van der Waals surface area contributed by atoms with E-state index in [4.69, 9.17) is 19.7 Å². The molecule has 1 aliphatic heterocycles. The third kappa shape index (κ3) is 6.61. The van der Waals surface area contributed by atoms with Gasteiger partial charge in [0.1, 0.15) is 19.1 Å². The summed E-state index contributed by atoms with van der Waals surface area (Å²) in [7, 11) is 1.50. The maximum absolute atomic E-state index is 11.4. The molecule has 10 heteroatoms. The summed E-state index contributed by atoms with van der Waals surface area (Å²) >= 11 is 0. The van der Waals surface area contributed by atoms with Crippen molar-refractivity contribution in [3.8, 4) is 0 Å². The fourth-order valence-electron chi connectivity index (χ4n) is 3.26. The lowest BCUT2D eigenvalue weighted by Gasteiger charge is -2.31. The molecule has 0 aliphatic carbocycles. The number of amides is 1. The first-order valence-corrected chi connectivity index (χ1v) is 9.89. The lowest BCUT2D eigenvalue weighted by Crippen LogP contribution is -2.39. The highest BCUT2D eigenvalue weighted by Crippen LogP contribution is 2.30. The topological polar surface area (TPSA) is 157 Å². The molecule has 3 aromatic rings. The summed E-state index contributed by atoms with van der Waals surface area (Å²) in [6.45, 7) is 7.47. The highest BCUT2D eigenvalue weighted by molar-refractivity contribution is 5.86. The van der Waals surface area contributed by atoms with Gasteiger partial charge in [-0.05, 0) is 38.9 Å². The Morgan fingerprint density at radius 2 is 1.66 bits per heavy atom. The summed E-state index contributed by atoms with van der Waals surface area (Å²) in [4.78, 5) is 38.7. The number of piperidine rings is 1. The Hall–Kier alpha value is -3.79. The Balaban J connectivity index is 0.000000789. The van der Waals surface area contributed by atoms with Gasteiger partial charge >= 0.3 is 0 Å². The van der Waals surface area contributed by atoms with Gasteiger partial charge in [0.05, 0.1) is 6.26 Å². The maximum atomic E-state index is 11.4. The molecule has 0 unspecified atom stereocenters. The number of furan rings is 1. The summed E-state index contributed by atoms with van der Waals surface area (Å²) in [5.41, 5.74) is 13.5. The second-order valence-corrected chi connectivity index (χ2v) is 6.66. The molecule has 0 radical (unpaired) electrons. The number of aryl methyl sites for hydroxylation is 1. The Kier molecular flexibility index (Phi) is 11.1. The minimum Gasteiger partial charge on any atom is -0.459 e. The molecule has 172 valence electrons. The van der Waals surface area contributed by atoms with Crippen LogP contribution in [0.15, 0.2) is 41.0 Å². The number of nitrogens with zero attached hydrogens (tertiary/aromatic N) is 3. The van der Waals surface area contributed by atoms with Gasteiger partial charge in [-0.3, -0.25) is 4.79 Å². The zero-order valence-corrected chi connectivity index (χ0v) is 18.4. The standard InChI is InChI=1S/C19H21N5O2.CH5N.2CH2O/c1-12-2-4-14(5-3-12)21-19-22-15-8-11-26-16(15)18(23-19)24-9-6-13(7-10-24)17(20)25;3*1-2/h2-5,8,11,13H,6-7,9-10H2,1H3,(H2,20,25)(H,21,22,23);2H2,1H3;2*1H2. The van der Waals surface area contributed by atoms with Crippen LogP contribution in [0.2, 0.25) is 0 Å². The monoisotopic (exact) mass is 442 g/mol. The average Bonchev–Trinajstić information content (AvgIpc) is 3.33. The van der Waals surface area contributed by atoms with Gasteiger partial charge in [-0.15, -0.1) is 0 Å². The summed E-state index contributed by atoms with van der Waals surface area (Å²) < 4.78 is 5.61. The highest BCUT2D eigenvalue weighted by Gasteiger charge is 2.26. The van der Waals surface area contributed by atoms with Crippen LogP contribution in [-0.2, 0) is 14.4 Å². The van der Waals surface area contributed by atoms with Gasteiger partial charge < -0.3 is 35.7 Å². The molecule has 5 N–H and O–H groups in total. The Morgan fingerprint density at radius 1 is 1.06 bits per heavy atom. The fraction of sp³-hybridized carbons (Fsp3) is 0.318. The van der Waals surface area contributed by atoms with E-state index in [9.17, 15) is 4.79 Å². The van der Waals surface area contributed by atoms with E-state index in [-0.39, 0.29) is 11.8 Å². The van der Waals surface area contributed by atoms with Crippen molar-refractivity contribution >= 4 is 48.0 Å². The van der Waals surface area contributed by atoms with Crippen LogP contribution < -0.4 is 21.7 Å². The zero-order chi connectivity index (χ0) is 24.1. The molecule has 2 aromatic heterocycles. The molecular formula is C22H30N6O4. The molecule has 3 heterocycles. The molecule has 1 fully saturated rings. The average molecular weight is 443 g/mol. The number of nitrogens with two attached hydrogens (primary N) is 2. The first kappa shape index (κ1) is 26.2. The van der Waals surface area contributed by atoms with Crippen molar-refractivity contribution in [3.63, 3.8) is 0 Å². The van der Waals surface area contributed by atoms with E-state index in [0.29, 0.717) is 24.6 Å². The largest absolute Gasteiger partial charge is 0.459 e. The number of nitrogens with one attached hydrogen (secondary N) is 1. The zero-order valence-electron chi connectivity index (χ0n) is 18.4. The summed E-state index contributed by atoms with van der Waals surface area (Å²) in [6, 6.07) is 9.89. The molecule has 1 saturated heterocycles. The van der Waals surface area contributed by atoms with Gasteiger partial charge in [0.25, 0.3) is 0 Å². The number of carbonyl (C=O) groups is 3. The van der Waals surface area contributed by atoms with E-state index in [1.165, 1.54) is 12.6 Å². The van der Waals surface area contributed by atoms with Crippen LogP contribution in [0.4, 0.5) is 17.5 Å². The Morgan fingerprint density at radius 3 is 2.22 bits per heavy atom. The SMILES string of the molecule is C=O.C=O.CN.Cc1ccc(Nc2nc(N3CCC(C(N)=O)CC3)c3occc3n2)cc1. The number of benzene rings is 1. The van der Waals surface area contributed by atoms with Crippen molar-refractivity contribution in [2.24, 2.45) is 17.4 Å². The summed E-state index contributed by atoms with van der Waals surface area (Å²) in [5.74, 6) is 0.981. The van der Waals surface area contributed by atoms with Gasteiger partial charge in [-0.25, -0.2) is 4.98 Å². The first-order valence-electron chi connectivity index (χ1n) is 9.89. The van der Waals surface area contributed by atoms with Gasteiger partial charge in [0.15, 0.2) is 11.4 Å². The number of carbonyl (C=O) groups excluding carboxylic acids is 3. The summed E-state index contributed by atoms with van der Waals surface area (Å²) in [6.07, 6.45) is 3.07. The minimum atomic E-state index is -0.225. The predicted molar refractivity (Wildman–Crippen MR) is 125 cm³/mol. The van der Waals surface area contributed by atoms with Crippen LogP contribution in [0, 0.1) is 12.8 Å². The second kappa shape index (κ2) is 13.5. The Bertz CT molecular complexity index is 966. The van der Waals surface area contributed by atoms with Gasteiger partial charge in [0, 0.05) is 30.8 Å². The molecule has 1 amide bonds. The first-order chi connectivity index (χ1) is 15.6. The van der Waals surface area contributed by atoms with Crippen LogP contribution >= 0.6 is 0 Å². The van der Waals surface area contributed by atoms with E-state index < -0.39 is 0 Å². The molecule has 4 rings (SSSR count). The highest BCUT2D eigenvalue weighted by atomic mass is 16.3. The van der Waals surface area contributed by atoms with Crippen LogP contribution in [0.25, 0.3) is 11.1 Å². The molecule has 0 saturated carbocycles. The molecule has 10 nitrogen and oxygen atoms in total. The number of rotatable bonds is 4. The van der Waals surface area contributed by atoms with E-state index >= 15 is 0 Å². The molecular weight excluding hydrogens is 412 g/mol. The van der Waals surface area contributed by atoms with Crippen LogP contribution in [-0.4, -0.2) is 49.6 Å². The molecule has 1 aliphatic rings. The number of hydrogen-bond acceptors (Lipinski definition) is 9.